The van der Waals surface area contributed by atoms with Gasteiger partial charge in [0.2, 0.25) is 5.91 Å². The number of aryl methyl sites for hydroxylation is 2. The highest BCUT2D eigenvalue weighted by Gasteiger charge is 2.07. The lowest BCUT2D eigenvalue weighted by Crippen LogP contribution is -2.11. The van der Waals surface area contributed by atoms with Crippen LogP contribution in [0.15, 0.2) is 60.1 Å². The third kappa shape index (κ3) is 4.09. The molecular weight excluding hydrogens is 354 g/mol. The van der Waals surface area contributed by atoms with E-state index in [1.54, 1.807) is 11.3 Å². The minimum Gasteiger partial charge on any atom is -0.361 e. The molecular formula is C22H21N3OS. The fraction of sp³-hybridized carbons (Fsp3) is 0.182. The summed E-state index contributed by atoms with van der Waals surface area (Å²) in [6, 6.07) is 16.1. The van der Waals surface area contributed by atoms with Gasteiger partial charge in [-0.05, 0) is 43.5 Å². The number of thiazole rings is 1. The monoisotopic (exact) mass is 375 g/mol. The first kappa shape index (κ1) is 17.5. The van der Waals surface area contributed by atoms with Crippen LogP contribution in [0.4, 0.5) is 5.69 Å². The normalized spacial score (nSPS) is 11.0. The van der Waals surface area contributed by atoms with Gasteiger partial charge in [0.25, 0.3) is 0 Å². The number of benzene rings is 2. The largest absolute Gasteiger partial charge is 0.361 e. The first-order valence-electron chi connectivity index (χ1n) is 9.06. The Morgan fingerprint density at radius 3 is 2.74 bits per heavy atom. The number of para-hydroxylation sites is 1. The molecule has 0 saturated carbocycles. The molecule has 5 heteroatoms. The van der Waals surface area contributed by atoms with Gasteiger partial charge >= 0.3 is 0 Å². The van der Waals surface area contributed by atoms with E-state index >= 15 is 0 Å². The number of carbonyl (C=O) groups excluding carboxylic acids is 1. The van der Waals surface area contributed by atoms with Gasteiger partial charge in [-0.2, -0.15) is 0 Å². The number of hydrogen-bond acceptors (Lipinski definition) is 3. The molecule has 0 spiro atoms. The van der Waals surface area contributed by atoms with Crippen LogP contribution >= 0.6 is 11.3 Å². The number of H-pyrrole nitrogens is 1. The first-order chi connectivity index (χ1) is 13.2. The maximum Gasteiger partial charge on any atom is 0.224 e. The molecule has 2 aromatic heterocycles. The molecule has 27 heavy (non-hydrogen) atoms. The third-order valence-corrected chi connectivity index (χ3v) is 5.38. The predicted octanol–water partition coefficient (Wildman–Crippen LogP) is 5.56. The molecule has 2 heterocycles. The fourth-order valence-electron chi connectivity index (χ4n) is 3.22. The van der Waals surface area contributed by atoms with Gasteiger partial charge in [0.15, 0.2) is 0 Å². The van der Waals surface area contributed by atoms with Crippen molar-refractivity contribution in [3.63, 3.8) is 0 Å². The predicted molar refractivity (Wildman–Crippen MR) is 112 cm³/mol. The number of aromatic nitrogens is 2. The molecule has 0 aliphatic carbocycles. The highest BCUT2D eigenvalue weighted by molar-refractivity contribution is 7.09. The average molecular weight is 375 g/mol. The van der Waals surface area contributed by atoms with Gasteiger partial charge in [-0.25, -0.2) is 4.98 Å². The lowest BCUT2D eigenvalue weighted by atomic mass is 10.1. The molecule has 4 nitrogen and oxygen atoms in total. The molecule has 0 bridgehead atoms. The van der Waals surface area contributed by atoms with E-state index < -0.39 is 0 Å². The summed E-state index contributed by atoms with van der Waals surface area (Å²) in [6.07, 6.45) is 4.26. The van der Waals surface area contributed by atoms with Crippen LogP contribution < -0.4 is 5.32 Å². The molecule has 2 N–H and O–H groups in total. The summed E-state index contributed by atoms with van der Waals surface area (Å²) in [7, 11) is 0. The Kier molecular flexibility index (Phi) is 5.03. The second-order valence-corrected chi connectivity index (χ2v) is 7.65. The number of fused-ring (bicyclic) bond motifs is 1. The smallest absolute Gasteiger partial charge is 0.224 e. The molecule has 1 amide bonds. The maximum atomic E-state index is 12.2. The molecule has 0 saturated heterocycles. The minimum atomic E-state index is 0.0482. The van der Waals surface area contributed by atoms with E-state index in [0.29, 0.717) is 6.42 Å². The number of amides is 1. The van der Waals surface area contributed by atoms with Crippen LogP contribution in [0.1, 0.15) is 23.4 Å². The number of aromatic amines is 1. The Labute approximate surface area is 162 Å². The standard InChI is InChI=1S/C22H21N3OS/c1-15-24-21(14-27-15)16-9-11-18(12-10-16)25-22(26)8-4-5-17-13-23-20-7-3-2-6-19(17)20/h2-3,6-7,9-14,23H,4-5,8H2,1H3,(H,25,26). The summed E-state index contributed by atoms with van der Waals surface area (Å²) >= 11 is 1.64. The highest BCUT2D eigenvalue weighted by Crippen LogP contribution is 2.23. The lowest BCUT2D eigenvalue weighted by Gasteiger charge is -2.06. The van der Waals surface area contributed by atoms with E-state index in [4.69, 9.17) is 0 Å². The highest BCUT2D eigenvalue weighted by atomic mass is 32.1. The van der Waals surface area contributed by atoms with Crippen LogP contribution in [0.25, 0.3) is 22.2 Å². The molecule has 0 unspecified atom stereocenters. The van der Waals surface area contributed by atoms with Gasteiger partial charge in [0.1, 0.15) is 0 Å². The topological polar surface area (TPSA) is 57.8 Å². The summed E-state index contributed by atoms with van der Waals surface area (Å²) in [5, 5.41) is 7.32. The quantitative estimate of drug-likeness (QED) is 0.463. The van der Waals surface area contributed by atoms with Crippen LogP contribution in [-0.2, 0) is 11.2 Å². The number of anilines is 1. The summed E-state index contributed by atoms with van der Waals surface area (Å²) in [4.78, 5) is 20.0. The van der Waals surface area contributed by atoms with Crippen LogP contribution in [-0.4, -0.2) is 15.9 Å². The number of nitrogens with zero attached hydrogens (tertiary/aromatic N) is 1. The van der Waals surface area contributed by atoms with Crippen molar-refractivity contribution >= 4 is 33.8 Å². The van der Waals surface area contributed by atoms with E-state index in [1.165, 1.54) is 10.9 Å². The second-order valence-electron chi connectivity index (χ2n) is 6.59. The lowest BCUT2D eigenvalue weighted by molar-refractivity contribution is -0.116. The summed E-state index contributed by atoms with van der Waals surface area (Å²) < 4.78 is 0. The van der Waals surface area contributed by atoms with Crippen molar-refractivity contribution in [2.75, 3.05) is 5.32 Å². The molecule has 0 atom stereocenters. The zero-order valence-electron chi connectivity index (χ0n) is 15.2. The number of nitrogens with one attached hydrogen (secondary N) is 2. The van der Waals surface area contributed by atoms with Gasteiger partial charge < -0.3 is 10.3 Å². The third-order valence-electron chi connectivity index (χ3n) is 4.61. The average Bonchev–Trinajstić information content (AvgIpc) is 3.29. The molecule has 0 aliphatic heterocycles. The molecule has 0 radical (unpaired) electrons. The fourth-order valence-corrected chi connectivity index (χ4v) is 3.84. The molecule has 4 aromatic rings. The van der Waals surface area contributed by atoms with E-state index in [1.807, 2.05) is 54.9 Å². The Bertz CT molecular complexity index is 1060. The molecule has 4 rings (SSSR count). The first-order valence-corrected chi connectivity index (χ1v) is 9.94. The van der Waals surface area contributed by atoms with E-state index in [9.17, 15) is 4.79 Å². The maximum absolute atomic E-state index is 12.2. The van der Waals surface area contributed by atoms with Crippen LogP contribution in [0.3, 0.4) is 0 Å². The summed E-state index contributed by atoms with van der Waals surface area (Å²) in [6.45, 7) is 2.00. The zero-order chi connectivity index (χ0) is 18.6. The van der Waals surface area contributed by atoms with Gasteiger partial charge in [-0.15, -0.1) is 11.3 Å². The number of carbonyl (C=O) groups is 1. The molecule has 2 aromatic carbocycles. The van der Waals surface area contributed by atoms with Crippen molar-refractivity contribution in [1.29, 1.82) is 0 Å². The summed E-state index contributed by atoms with van der Waals surface area (Å²) in [5.41, 5.74) is 5.28. The summed E-state index contributed by atoms with van der Waals surface area (Å²) in [5.74, 6) is 0.0482. The molecule has 0 fully saturated rings. The molecule has 0 aliphatic rings. The van der Waals surface area contributed by atoms with Gasteiger partial charge in [0, 0.05) is 40.2 Å². The Morgan fingerprint density at radius 2 is 1.96 bits per heavy atom. The van der Waals surface area contributed by atoms with Crippen molar-refractivity contribution in [2.45, 2.75) is 26.2 Å². The number of hydrogen-bond donors (Lipinski definition) is 2. The van der Waals surface area contributed by atoms with Crippen molar-refractivity contribution in [3.8, 4) is 11.3 Å². The minimum absolute atomic E-state index is 0.0482. The van der Waals surface area contributed by atoms with E-state index in [0.717, 1.165) is 40.3 Å². The van der Waals surface area contributed by atoms with E-state index in [-0.39, 0.29) is 5.91 Å². The Hall–Kier alpha value is -2.92. The SMILES string of the molecule is Cc1nc(-c2ccc(NC(=O)CCCc3c[nH]c4ccccc34)cc2)cs1. The van der Waals surface area contributed by atoms with Crippen molar-refractivity contribution in [3.05, 3.63) is 70.7 Å². The van der Waals surface area contributed by atoms with Crippen molar-refractivity contribution in [2.24, 2.45) is 0 Å². The molecule has 136 valence electrons. The van der Waals surface area contributed by atoms with Crippen LogP contribution in [0.5, 0.6) is 0 Å². The van der Waals surface area contributed by atoms with Crippen LogP contribution in [0, 0.1) is 6.92 Å². The van der Waals surface area contributed by atoms with Gasteiger partial charge in [-0.3, -0.25) is 4.79 Å². The van der Waals surface area contributed by atoms with Crippen molar-refractivity contribution in [1.82, 2.24) is 9.97 Å². The number of rotatable bonds is 6. The second kappa shape index (κ2) is 7.76. The van der Waals surface area contributed by atoms with Crippen LogP contribution in [0.2, 0.25) is 0 Å². The zero-order valence-corrected chi connectivity index (χ0v) is 16.0. The Morgan fingerprint density at radius 1 is 1.15 bits per heavy atom. The Balaban J connectivity index is 1.30. The van der Waals surface area contributed by atoms with Gasteiger partial charge in [0.05, 0.1) is 10.7 Å². The van der Waals surface area contributed by atoms with Gasteiger partial charge in [-0.1, -0.05) is 30.3 Å². The van der Waals surface area contributed by atoms with E-state index in [2.05, 4.69) is 27.4 Å². The van der Waals surface area contributed by atoms with Crippen molar-refractivity contribution < 1.29 is 4.79 Å².